The van der Waals surface area contributed by atoms with E-state index >= 15 is 0 Å². The number of anilines is 1. The molecule has 2 aliphatic rings. The number of hydrogen-bond acceptors (Lipinski definition) is 4. The Morgan fingerprint density at radius 2 is 2.25 bits per heavy atom. The predicted octanol–water partition coefficient (Wildman–Crippen LogP) is 3.62. The standard InChI is InChI=1S/C18H21N3O2S/c1-18(2)8-7-11-15(10-18)24-17(19-11)20-16(23)13-5-6-14(22)12-4-3-9-21(12)13/h3-4,9,13H,5-8,10H2,1-2H3,(H,19,20,23). The van der Waals surface area contributed by atoms with E-state index in [1.54, 1.807) is 22.0 Å². The molecule has 5 nitrogen and oxygen atoms in total. The molecule has 3 heterocycles. The molecule has 0 saturated heterocycles. The van der Waals surface area contributed by atoms with Gasteiger partial charge in [0.25, 0.3) is 0 Å². The zero-order valence-electron chi connectivity index (χ0n) is 14.0. The molecule has 0 saturated carbocycles. The number of Topliss-reactive ketones (excluding diaryl/α,β-unsaturated/α-hetero) is 1. The van der Waals surface area contributed by atoms with Crippen LogP contribution < -0.4 is 5.32 Å². The molecule has 1 unspecified atom stereocenters. The van der Waals surface area contributed by atoms with E-state index in [-0.39, 0.29) is 17.7 Å². The Kier molecular flexibility index (Phi) is 3.60. The Labute approximate surface area is 145 Å². The first kappa shape index (κ1) is 15.6. The third kappa shape index (κ3) is 2.69. The molecule has 126 valence electrons. The van der Waals surface area contributed by atoms with E-state index < -0.39 is 0 Å². The van der Waals surface area contributed by atoms with Crippen LogP contribution in [0.2, 0.25) is 0 Å². The smallest absolute Gasteiger partial charge is 0.249 e. The predicted molar refractivity (Wildman–Crippen MR) is 93.6 cm³/mol. The Morgan fingerprint density at radius 3 is 3.08 bits per heavy atom. The molecule has 0 fully saturated rings. The molecule has 1 atom stereocenters. The zero-order valence-corrected chi connectivity index (χ0v) is 14.8. The summed E-state index contributed by atoms with van der Waals surface area (Å²) >= 11 is 1.59. The molecule has 0 radical (unpaired) electrons. The largest absolute Gasteiger partial charge is 0.333 e. The van der Waals surface area contributed by atoms with Crippen molar-refractivity contribution < 1.29 is 9.59 Å². The van der Waals surface area contributed by atoms with Gasteiger partial charge in [0, 0.05) is 17.5 Å². The summed E-state index contributed by atoms with van der Waals surface area (Å²) in [6, 6.07) is 3.28. The molecule has 0 bridgehead atoms. The molecule has 1 amide bonds. The number of hydrogen-bond donors (Lipinski definition) is 1. The number of aromatic nitrogens is 2. The molecule has 1 aliphatic carbocycles. The third-order valence-corrected chi connectivity index (χ3v) is 6.05. The first-order valence-corrected chi connectivity index (χ1v) is 9.24. The normalized spacial score (nSPS) is 21.9. The summed E-state index contributed by atoms with van der Waals surface area (Å²) in [4.78, 5) is 30.5. The second-order valence-electron chi connectivity index (χ2n) is 7.50. The van der Waals surface area contributed by atoms with E-state index in [1.807, 2.05) is 12.3 Å². The van der Waals surface area contributed by atoms with Crippen LogP contribution in [0.4, 0.5) is 5.13 Å². The van der Waals surface area contributed by atoms with Crippen molar-refractivity contribution in [1.82, 2.24) is 9.55 Å². The molecule has 6 heteroatoms. The number of nitrogens with one attached hydrogen (secondary N) is 1. The number of amides is 1. The molecular formula is C18H21N3O2S. The van der Waals surface area contributed by atoms with Crippen LogP contribution in [-0.2, 0) is 17.6 Å². The van der Waals surface area contributed by atoms with E-state index in [0.29, 0.717) is 29.1 Å². The van der Waals surface area contributed by atoms with Crippen molar-refractivity contribution in [2.24, 2.45) is 5.41 Å². The minimum absolute atomic E-state index is 0.0784. The van der Waals surface area contributed by atoms with Gasteiger partial charge in [0.15, 0.2) is 10.9 Å². The summed E-state index contributed by atoms with van der Waals surface area (Å²) in [5.74, 6) is 0.0290. The van der Waals surface area contributed by atoms with Gasteiger partial charge in [0.05, 0.1) is 11.4 Å². The van der Waals surface area contributed by atoms with Gasteiger partial charge in [0.1, 0.15) is 6.04 Å². The van der Waals surface area contributed by atoms with Gasteiger partial charge in [-0.3, -0.25) is 9.59 Å². The van der Waals surface area contributed by atoms with Gasteiger partial charge in [-0.25, -0.2) is 4.98 Å². The quantitative estimate of drug-likeness (QED) is 0.906. The van der Waals surface area contributed by atoms with Crippen LogP contribution >= 0.6 is 11.3 Å². The SMILES string of the molecule is CC1(C)CCc2nc(NC(=O)C3CCC(=O)c4cccn43)sc2C1. The lowest BCUT2D eigenvalue weighted by molar-refractivity contribution is -0.119. The van der Waals surface area contributed by atoms with E-state index in [2.05, 4.69) is 24.1 Å². The van der Waals surface area contributed by atoms with Crippen LogP contribution in [-0.4, -0.2) is 21.2 Å². The fraction of sp³-hybridized carbons (Fsp3) is 0.500. The maximum atomic E-state index is 12.7. The van der Waals surface area contributed by atoms with Crippen molar-refractivity contribution in [3.8, 4) is 0 Å². The van der Waals surface area contributed by atoms with Gasteiger partial charge in [-0.15, -0.1) is 11.3 Å². The van der Waals surface area contributed by atoms with Crippen LogP contribution in [0.15, 0.2) is 18.3 Å². The number of thiazole rings is 1. The van der Waals surface area contributed by atoms with Gasteiger partial charge in [-0.1, -0.05) is 13.8 Å². The number of fused-ring (bicyclic) bond motifs is 2. The second-order valence-corrected chi connectivity index (χ2v) is 8.58. The van der Waals surface area contributed by atoms with E-state index in [9.17, 15) is 9.59 Å². The number of carbonyl (C=O) groups excluding carboxylic acids is 2. The molecule has 0 aromatic carbocycles. The number of aryl methyl sites for hydroxylation is 1. The highest BCUT2D eigenvalue weighted by Crippen LogP contribution is 2.39. The van der Waals surface area contributed by atoms with Gasteiger partial charge >= 0.3 is 0 Å². The molecule has 0 spiro atoms. The van der Waals surface area contributed by atoms with Crippen molar-refractivity contribution in [1.29, 1.82) is 0 Å². The van der Waals surface area contributed by atoms with Gasteiger partial charge < -0.3 is 9.88 Å². The number of rotatable bonds is 2. The maximum absolute atomic E-state index is 12.7. The second kappa shape index (κ2) is 5.55. The Balaban J connectivity index is 1.53. The van der Waals surface area contributed by atoms with E-state index in [0.717, 1.165) is 25.0 Å². The lowest BCUT2D eigenvalue weighted by Crippen LogP contribution is -2.31. The number of ketones is 1. The molecular weight excluding hydrogens is 322 g/mol. The van der Waals surface area contributed by atoms with Crippen LogP contribution in [0, 0.1) is 5.41 Å². The number of nitrogens with zero attached hydrogens (tertiary/aromatic N) is 2. The average Bonchev–Trinajstić information content (AvgIpc) is 3.13. The third-order valence-electron chi connectivity index (χ3n) is 5.03. The fourth-order valence-electron chi connectivity index (χ4n) is 3.63. The van der Waals surface area contributed by atoms with Crippen LogP contribution in [0.1, 0.15) is 60.2 Å². The molecule has 1 N–H and O–H groups in total. The highest BCUT2D eigenvalue weighted by Gasteiger charge is 2.31. The summed E-state index contributed by atoms with van der Waals surface area (Å²) in [5, 5.41) is 3.67. The van der Waals surface area contributed by atoms with Crippen molar-refractivity contribution in [3.05, 3.63) is 34.6 Å². The monoisotopic (exact) mass is 343 g/mol. The highest BCUT2D eigenvalue weighted by atomic mass is 32.1. The summed E-state index contributed by atoms with van der Waals surface area (Å²) in [6.07, 6.45) is 5.92. The van der Waals surface area contributed by atoms with E-state index in [1.165, 1.54) is 4.88 Å². The minimum atomic E-state index is -0.329. The summed E-state index contributed by atoms with van der Waals surface area (Å²) < 4.78 is 1.79. The van der Waals surface area contributed by atoms with E-state index in [4.69, 9.17) is 0 Å². The Morgan fingerprint density at radius 1 is 1.42 bits per heavy atom. The highest BCUT2D eigenvalue weighted by molar-refractivity contribution is 7.15. The Bertz CT molecular complexity index is 818. The lowest BCUT2D eigenvalue weighted by atomic mass is 9.79. The molecule has 1 aliphatic heterocycles. The number of carbonyl (C=O) groups is 2. The van der Waals surface area contributed by atoms with Crippen molar-refractivity contribution in [2.45, 2.75) is 52.0 Å². The maximum Gasteiger partial charge on any atom is 0.249 e. The lowest BCUT2D eigenvalue weighted by Gasteiger charge is -2.28. The van der Waals surface area contributed by atoms with Crippen LogP contribution in [0.25, 0.3) is 0 Å². The van der Waals surface area contributed by atoms with Gasteiger partial charge in [0.2, 0.25) is 5.91 Å². The van der Waals surface area contributed by atoms with Crippen molar-refractivity contribution >= 4 is 28.2 Å². The summed E-state index contributed by atoms with van der Waals surface area (Å²) in [7, 11) is 0. The fourth-order valence-corrected chi connectivity index (χ4v) is 4.90. The Hall–Kier alpha value is -1.95. The minimum Gasteiger partial charge on any atom is -0.333 e. The van der Waals surface area contributed by atoms with Crippen LogP contribution in [0.3, 0.4) is 0 Å². The van der Waals surface area contributed by atoms with Gasteiger partial charge in [-0.2, -0.15) is 0 Å². The molecule has 2 aromatic rings. The zero-order chi connectivity index (χ0) is 16.9. The first-order chi connectivity index (χ1) is 11.4. The summed E-state index contributed by atoms with van der Waals surface area (Å²) in [5.41, 5.74) is 2.07. The summed E-state index contributed by atoms with van der Waals surface area (Å²) in [6.45, 7) is 4.56. The van der Waals surface area contributed by atoms with Crippen molar-refractivity contribution in [3.63, 3.8) is 0 Å². The molecule has 2 aromatic heterocycles. The topological polar surface area (TPSA) is 64.0 Å². The molecule has 24 heavy (non-hydrogen) atoms. The van der Waals surface area contributed by atoms with Crippen LogP contribution in [0.5, 0.6) is 0 Å². The average molecular weight is 343 g/mol. The first-order valence-electron chi connectivity index (χ1n) is 8.42. The van der Waals surface area contributed by atoms with Crippen molar-refractivity contribution in [2.75, 3.05) is 5.32 Å². The molecule has 4 rings (SSSR count). The van der Waals surface area contributed by atoms with Gasteiger partial charge in [-0.05, 0) is 43.2 Å².